The van der Waals surface area contributed by atoms with Crippen molar-refractivity contribution in [1.82, 2.24) is 10.6 Å². The molecule has 2 amide bonds. The third kappa shape index (κ3) is 6.07. The fourth-order valence-corrected chi connectivity index (χ4v) is 2.97. The lowest BCUT2D eigenvalue weighted by Crippen LogP contribution is -2.38. The summed E-state index contributed by atoms with van der Waals surface area (Å²) in [4.78, 5) is 24.2. The number of nitrogens with two attached hydrogens (primary N) is 1. The fourth-order valence-electron chi connectivity index (χ4n) is 2.45. The van der Waals surface area contributed by atoms with Crippen molar-refractivity contribution in [2.45, 2.75) is 24.8 Å². The molecule has 2 aromatic rings. The number of sulfonamides is 1. The van der Waals surface area contributed by atoms with E-state index in [4.69, 9.17) is 9.88 Å². The van der Waals surface area contributed by atoms with Crippen LogP contribution < -0.4 is 20.5 Å². The van der Waals surface area contributed by atoms with Crippen molar-refractivity contribution in [1.29, 1.82) is 0 Å². The van der Waals surface area contributed by atoms with E-state index in [-0.39, 0.29) is 29.3 Å². The maximum atomic E-state index is 12.1. The quantitative estimate of drug-likeness (QED) is 0.611. The van der Waals surface area contributed by atoms with Crippen molar-refractivity contribution in [2.75, 3.05) is 13.2 Å². The largest absolute Gasteiger partial charge is 0.494 e. The first kappa shape index (κ1) is 21.4. The molecule has 0 heterocycles. The third-order valence-corrected chi connectivity index (χ3v) is 4.85. The number of rotatable bonds is 8. The van der Waals surface area contributed by atoms with Gasteiger partial charge in [0.25, 0.3) is 5.91 Å². The average Bonchev–Trinajstić information content (AvgIpc) is 2.66. The molecular formula is C19H23N3O5S. The molecule has 0 bridgehead atoms. The Kier molecular flexibility index (Phi) is 7.13. The Bertz CT molecular complexity index is 925. The van der Waals surface area contributed by atoms with Gasteiger partial charge >= 0.3 is 0 Å². The van der Waals surface area contributed by atoms with E-state index in [0.717, 1.165) is 0 Å². The van der Waals surface area contributed by atoms with Gasteiger partial charge in [0.2, 0.25) is 15.9 Å². The molecule has 2 rings (SSSR count). The molecule has 0 aliphatic carbocycles. The number of hydrogen-bond acceptors (Lipinski definition) is 5. The second kappa shape index (κ2) is 9.34. The van der Waals surface area contributed by atoms with E-state index in [9.17, 15) is 18.0 Å². The summed E-state index contributed by atoms with van der Waals surface area (Å²) in [6.07, 6.45) is 0. The molecule has 0 fully saturated rings. The minimum Gasteiger partial charge on any atom is -0.494 e. The van der Waals surface area contributed by atoms with Gasteiger partial charge in [0.1, 0.15) is 5.75 Å². The summed E-state index contributed by atoms with van der Waals surface area (Å²) < 4.78 is 27.9. The predicted octanol–water partition coefficient (Wildman–Crippen LogP) is 1.34. The molecule has 0 spiro atoms. The number of hydrogen-bond donors (Lipinski definition) is 3. The van der Waals surface area contributed by atoms with Gasteiger partial charge in [-0.25, -0.2) is 13.6 Å². The topological polar surface area (TPSA) is 128 Å². The van der Waals surface area contributed by atoms with E-state index >= 15 is 0 Å². The molecule has 9 heteroatoms. The predicted molar refractivity (Wildman–Crippen MR) is 104 cm³/mol. The summed E-state index contributed by atoms with van der Waals surface area (Å²) in [5.74, 6) is -0.0789. The van der Waals surface area contributed by atoms with Gasteiger partial charge in [0.15, 0.2) is 0 Å². The number of ether oxygens (including phenoxy) is 1. The van der Waals surface area contributed by atoms with Crippen LogP contribution in [-0.4, -0.2) is 33.4 Å². The lowest BCUT2D eigenvalue weighted by atomic mass is 10.1. The normalized spacial score (nSPS) is 12.1. The Hall–Kier alpha value is -2.91. The summed E-state index contributed by atoms with van der Waals surface area (Å²) in [7, 11) is -3.76. The lowest BCUT2D eigenvalue weighted by molar-refractivity contribution is -0.120. The Morgan fingerprint density at radius 3 is 2.21 bits per heavy atom. The number of benzene rings is 2. The van der Waals surface area contributed by atoms with Crippen LogP contribution in [0, 0.1) is 0 Å². The van der Waals surface area contributed by atoms with Gasteiger partial charge in [-0.3, -0.25) is 9.59 Å². The second-order valence-electron chi connectivity index (χ2n) is 6.04. The van der Waals surface area contributed by atoms with Gasteiger partial charge in [-0.15, -0.1) is 0 Å². The standard InChI is InChI=1S/C19H23N3O5S/c1-3-27-16-8-4-15(5-9-16)19(24)21-12-18(23)22-13(2)14-6-10-17(11-7-14)28(20,25)26/h4-11,13H,3,12H2,1-2H3,(H,21,24)(H,22,23)(H2,20,25,26)/t13-/m1/s1. The highest BCUT2D eigenvalue weighted by atomic mass is 32.2. The van der Waals surface area contributed by atoms with Crippen LogP contribution in [0.3, 0.4) is 0 Å². The van der Waals surface area contributed by atoms with Crippen molar-refractivity contribution in [2.24, 2.45) is 5.14 Å². The Balaban J connectivity index is 1.86. The zero-order valence-electron chi connectivity index (χ0n) is 15.6. The minimum atomic E-state index is -3.76. The zero-order chi connectivity index (χ0) is 20.7. The van der Waals surface area contributed by atoms with Crippen molar-refractivity contribution in [3.05, 3.63) is 59.7 Å². The van der Waals surface area contributed by atoms with Crippen molar-refractivity contribution >= 4 is 21.8 Å². The van der Waals surface area contributed by atoms with Crippen LogP contribution in [0.5, 0.6) is 5.75 Å². The monoisotopic (exact) mass is 405 g/mol. The van der Waals surface area contributed by atoms with Crippen LogP contribution in [0.1, 0.15) is 35.8 Å². The fraction of sp³-hybridized carbons (Fsp3) is 0.263. The Morgan fingerprint density at radius 2 is 1.68 bits per heavy atom. The van der Waals surface area contributed by atoms with Crippen molar-refractivity contribution in [3.63, 3.8) is 0 Å². The summed E-state index contributed by atoms with van der Waals surface area (Å²) in [5.41, 5.74) is 1.13. The maximum Gasteiger partial charge on any atom is 0.251 e. The van der Waals surface area contributed by atoms with Crippen LogP contribution in [-0.2, 0) is 14.8 Å². The Labute approximate surface area is 164 Å². The summed E-state index contributed by atoms with van der Waals surface area (Å²) in [6.45, 7) is 3.97. The van der Waals surface area contributed by atoms with Gasteiger partial charge in [-0.2, -0.15) is 0 Å². The summed E-state index contributed by atoms with van der Waals surface area (Å²) >= 11 is 0. The van der Waals surface area contributed by atoms with Crippen LogP contribution in [0.2, 0.25) is 0 Å². The number of amides is 2. The van der Waals surface area contributed by atoms with Gasteiger partial charge < -0.3 is 15.4 Å². The van der Waals surface area contributed by atoms with Crippen molar-refractivity contribution in [3.8, 4) is 5.75 Å². The number of carbonyl (C=O) groups is 2. The first-order chi connectivity index (χ1) is 13.2. The van der Waals surface area contributed by atoms with E-state index in [1.54, 1.807) is 43.3 Å². The van der Waals surface area contributed by atoms with E-state index < -0.39 is 10.0 Å². The van der Waals surface area contributed by atoms with Crippen LogP contribution in [0.15, 0.2) is 53.4 Å². The highest BCUT2D eigenvalue weighted by Gasteiger charge is 2.13. The molecule has 8 nitrogen and oxygen atoms in total. The second-order valence-corrected chi connectivity index (χ2v) is 7.60. The first-order valence-electron chi connectivity index (χ1n) is 8.64. The highest BCUT2D eigenvalue weighted by Crippen LogP contribution is 2.15. The van der Waals surface area contributed by atoms with Crippen LogP contribution in [0.25, 0.3) is 0 Å². The third-order valence-electron chi connectivity index (χ3n) is 3.92. The number of nitrogens with one attached hydrogen (secondary N) is 2. The van der Waals surface area contributed by atoms with E-state index in [2.05, 4.69) is 10.6 Å². The van der Waals surface area contributed by atoms with Gasteiger partial charge in [0, 0.05) is 5.56 Å². The van der Waals surface area contributed by atoms with E-state index in [1.807, 2.05) is 6.92 Å². The Morgan fingerprint density at radius 1 is 1.07 bits per heavy atom. The van der Waals surface area contributed by atoms with E-state index in [1.165, 1.54) is 12.1 Å². The number of primary sulfonamides is 1. The molecule has 0 radical (unpaired) electrons. The average molecular weight is 405 g/mol. The maximum absolute atomic E-state index is 12.1. The molecular weight excluding hydrogens is 382 g/mol. The molecule has 0 aliphatic heterocycles. The smallest absolute Gasteiger partial charge is 0.251 e. The zero-order valence-corrected chi connectivity index (χ0v) is 16.5. The molecule has 0 unspecified atom stereocenters. The summed E-state index contributed by atoms with van der Waals surface area (Å²) in [6, 6.07) is 12.1. The van der Waals surface area contributed by atoms with Crippen molar-refractivity contribution < 1.29 is 22.7 Å². The van der Waals surface area contributed by atoms with Gasteiger partial charge in [-0.1, -0.05) is 12.1 Å². The van der Waals surface area contributed by atoms with E-state index in [0.29, 0.717) is 23.5 Å². The van der Waals surface area contributed by atoms with Gasteiger partial charge in [0.05, 0.1) is 24.1 Å². The molecule has 1 atom stereocenters. The van der Waals surface area contributed by atoms with Crippen LogP contribution >= 0.6 is 0 Å². The minimum absolute atomic E-state index is 0.00241. The van der Waals surface area contributed by atoms with Gasteiger partial charge in [-0.05, 0) is 55.8 Å². The SMILES string of the molecule is CCOc1ccc(C(=O)NCC(=O)N[C@H](C)c2ccc(S(N)(=O)=O)cc2)cc1. The number of carbonyl (C=O) groups excluding carboxylic acids is 2. The summed E-state index contributed by atoms with van der Waals surface area (Å²) in [5, 5.41) is 10.3. The molecule has 2 aromatic carbocycles. The molecule has 28 heavy (non-hydrogen) atoms. The molecule has 0 aromatic heterocycles. The molecule has 4 N–H and O–H groups in total. The molecule has 150 valence electrons. The molecule has 0 aliphatic rings. The first-order valence-corrected chi connectivity index (χ1v) is 10.2. The molecule has 0 saturated heterocycles. The lowest BCUT2D eigenvalue weighted by Gasteiger charge is -2.15. The highest BCUT2D eigenvalue weighted by molar-refractivity contribution is 7.89. The molecule has 0 saturated carbocycles. The van der Waals surface area contributed by atoms with Crippen LogP contribution in [0.4, 0.5) is 0 Å².